The molecule has 0 amide bonds. The van der Waals surface area contributed by atoms with Crippen LogP contribution < -0.4 is 11.2 Å². The summed E-state index contributed by atoms with van der Waals surface area (Å²) in [6.45, 7) is 0. The molecule has 0 saturated carbocycles. The first-order chi connectivity index (χ1) is 13.7. The average Bonchev–Trinajstić information content (AvgIpc) is 3.12. The maximum Gasteiger partial charge on any atom is 0.206 e. The minimum Gasteiger partial charge on any atom is -0.369 e. The van der Waals surface area contributed by atoms with Crippen molar-refractivity contribution in [2.24, 2.45) is 10.8 Å². The highest BCUT2D eigenvalue weighted by Crippen LogP contribution is 2.31. The first-order valence-electron chi connectivity index (χ1n) is 9.09. The lowest BCUT2D eigenvalue weighted by atomic mass is 9.96. The van der Waals surface area contributed by atoms with Crippen molar-refractivity contribution in [3.05, 3.63) is 96.1 Å². The van der Waals surface area contributed by atoms with E-state index >= 15 is 0 Å². The smallest absolute Gasteiger partial charge is 0.206 e. The summed E-state index contributed by atoms with van der Waals surface area (Å²) in [5.74, 6) is -0.188. The van der Waals surface area contributed by atoms with Gasteiger partial charge in [-0.3, -0.25) is 5.41 Å². The van der Waals surface area contributed by atoms with E-state index in [0.29, 0.717) is 6.42 Å². The number of fused-ring (bicyclic) bond motifs is 1. The highest BCUT2D eigenvalue weighted by Gasteiger charge is 2.18. The standard InChI is InChI=1S/C23H21N5/c24-23(25)28-27-20(15-16-9-3-1-4-10-16)21-18-13-7-8-14-19(18)26-22(21)17-11-5-2-6-12-17/h1-14,26H,15H2,(H4,24,25,28)/b27-20-. The van der Waals surface area contributed by atoms with Gasteiger partial charge in [-0.2, -0.15) is 5.10 Å². The molecule has 5 nitrogen and oxygen atoms in total. The lowest BCUT2D eigenvalue weighted by molar-refractivity contribution is 0.984. The first-order valence-corrected chi connectivity index (χ1v) is 9.09. The Labute approximate surface area is 163 Å². The quantitative estimate of drug-likeness (QED) is 0.241. The van der Waals surface area contributed by atoms with Crippen LogP contribution in [0.3, 0.4) is 0 Å². The number of nitrogens with one attached hydrogen (secondary N) is 3. The van der Waals surface area contributed by atoms with Crippen molar-refractivity contribution in [3.8, 4) is 11.3 Å². The molecule has 0 spiro atoms. The Morgan fingerprint density at radius 3 is 2.25 bits per heavy atom. The Balaban J connectivity index is 1.92. The Hall–Kier alpha value is -3.86. The van der Waals surface area contributed by atoms with Gasteiger partial charge < -0.3 is 10.7 Å². The van der Waals surface area contributed by atoms with Crippen LogP contribution in [-0.4, -0.2) is 16.7 Å². The van der Waals surface area contributed by atoms with Gasteiger partial charge in [-0.05, 0) is 17.2 Å². The summed E-state index contributed by atoms with van der Waals surface area (Å²) in [5.41, 5.74) is 14.2. The van der Waals surface area contributed by atoms with Crippen LogP contribution in [0, 0.1) is 5.41 Å². The lowest BCUT2D eigenvalue weighted by Gasteiger charge is -2.10. The molecular formula is C23H21N5. The zero-order valence-corrected chi connectivity index (χ0v) is 15.3. The second kappa shape index (κ2) is 7.80. The lowest BCUT2D eigenvalue weighted by Crippen LogP contribution is -2.27. The molecular weight excluding hydrogens is 346 g/mol. The Bertz CT molecular complexity index is 1130. The summed E-state index contributed by atoms with van der Waals surface area (Å²) in [6, 6.07) is 28.5. The number of nitrogens with two attached hydrogens (primary N) is 1. The molecule has 5 heteroatoms. The number of guanidine groups is 1. The summed E-state index contributed by atoms with van der Waals surface area (Å²) >= 11 is 0. The fraction of sp³-hybridized carbons (Fsp3) is 0.0435. The largest absolute Gasteiger partial charge is 0.369 e. The number of hydrogen-bond acceptors (Lipinski definition) is 2. The molecule has 0 unspecified atom stereocenters. The Kier molecular flexibility index (Phi) is 4.89. The molecule has 0 aliphatic rings. The molecule has 138 valence electrons. The third kappa shape index (κ3) is 3.64. The second-order valence-electron chi connectivity index (χ2n) is 6.53. The monoisotopic (exact) mass is 367 g/mol. The van der Waals surface area contributed by atoms with Crippen molar-refractivity contribution < 1.29 is 0 Å². The van der Waals surface area contributed by atoms with Gasteiger partial charge in [0.1, 0.15) is 0 Å². The molecule has 0 atom stereocenters. The van der Waals surface area contributed by atoms with E-state index in [4.69, 9.17) is 11.1 Å². The zero-order valence-electron chi connectivity index (χ0n) is 15.3. The van der Waals surface area contributed by atoms with E-state index < -0.39 is 0 Å². The summed E-state index contributed by atoms with van der Waals surface area (Å²) in [5, 5.41) is 13.1. The van der Waals surface area contributed by atoms with Gasteiger partial charge in [-0.15, -0.1) is 0 Å². The van der Waals surface area contributed by atoms with Crippen molar-refractivity contribution in [2.75, 3.05) is 0 Å². The van der Waals surface area contributed by atoms with Crippen LogP contribution in [0.1, 0.15) is 11.1 Å². The minimum atomic E-state index is -0.188. The highest BCUT2D eigenvalue weighted by molar-refractivity contribution is 6.16. The molecule has 0 bridgehead atoms. The molecule has 1 aromatic heterocycles. The number of rotatable bonds is 5. The number of aromatic nitrogens is 1. The molecule has 3 aromatic carbocycles. The van der Waals surface area contributed by atoms with Gasteiger partial charge in [-0.1, -0.05) is 78.9 Å². The molecule has 0 saturated heterocycles. The molecule has 0 fully saturated rings. The summed E-state index contributed by atoms with van der Waals surface area (Å²) in [6.07, 6.45) is 0.614. The number of hydrogen-bond donors (Lipinski definition) is 4. The first kappa shape index (κ1) is 17.5. The zero-order chi connectivity index (χ0) is 19.3. The van der Waals surface area contributed by atoms with Gasteiger partial charge in [0.25, 0.3) is 0 Å². The van der Waals surface area contributed by atoms with E-state index in [1.165, 1.54) is 0 Å². The fourth-order valence-electron chi connectivity index (χ4n) is 3.36. The van der Waals surface area contributed by atoms with Crippen LogP contribution in [0.2, 0.25) is 0 Å². The topological polar surface area (TPSA) is 90.1 Å². The summed E-state index contributed by atoms with van der Waals surface area (Å²) in [7, 11) is 0. The van der Waals surface area contributed by atoms with Crippen LogP contribution in [0.4, 0.5) is 0 Å². The summed E-state index contributed by atoms with van der Waals surface area (Å²) in [4.78, 5) is 3.54. The SMILES string of the molecule is N=C(N)N/N=C(/Cc1ccccc1)c1c(-c2ccccc2)[nH]c2ccccc12. The van der Waals surface area contributed by atoms with Crippen LogP contribution in [0.25, 0.3) is 22.2 Å². The summed E-state index contributed by atoms with van der Waals surface area (Å²) < 4.78 is 0. The van der Waals surface area contributed by atoms with E-state index in [0.717, 1.165) is 39.0 Å². The van der Waals surface area contributed by atoms with Crippen LogP contribution in [0.15, 0.2) is 90.0 Å². The van der Waals surface area contributed by atoms with E-state index in [1.54, 1.807) is 0 Å². The molecule has 0 aliphatic heterocycles. The third-order valence-corrected chi connectivity index (χ3v) is 4.58. The van der Waals surface area contributed by atoms with Crippen molar-refractivity contribution in [1.82, 2.24) is 10.4 Å². The average molecular weight is 367 g/mol. The van der Waals surface area contributed by atoms with Crippen molar-refractivity contribution in [1.29, 1.82) is 5.41 Å². The van der Waals surface area contributed by atoms with Crippen molar-refractivity contribution in [3.63, 3.8) is 0 Å². The Morgan fingerprint density at radius 2 is 1.54 bits per heavy atom. The molecule has 4 rings (SSSR count). The van der Waals surface area contributed by atoms with Crippen molar-refractivity contribution in [2.45, 2.75) is 6.42 Å². The normalized spacial score (nSPS) is 11.5. The number of H-pyrrole nitrogens is 1. The van der Waals surface area contributed by atoms with Gasteiger partial charge in [0, 0.05) is 22.9 Å². The molecule has 4 aromatic rings. The van der Waals surface area contributed by atoms with Gasteiger partial charge in [0.2, 0.25) is 5.96 Å². The predicted molar refractivity (Wildman–Crippen MR) is 115 cm³/mol. The van der Waals surface area contributed by atoms with Gasteiger partial charge in [0.05, 0.1) is 11.4 Å². The Morgan fingerprint density at radius 1 is 0.893 bits per heavy atom. The van der Waals surface area contributed by atoms with Crippen LogP contribution >= 0.6 is 0 Å². The van der Waals surface area contributed by atoms with E-state index in [2.05, 4.69) is 51.9 Å². The number of hydrazone groups is 1. The van der Waals surface area contributed by atoms with Gasteiger partial charge in [0.15, 0.2) is 0 Å². The predicted octanol–water partition coefficient (Wildman–Crippen LogP) is 4.26. The van der Waals surface area contributed by atoms with Crippen molar-refractivity contribution >= 4 is 22.6 Å². The number of aromatic amines is 1. The van der Waals surface area contributed by atoms with E-state index in [9.17, 15) is 0 Å². The van der Waals surface area contributed by atoms with E-state index in [-0.39, 0.29) is 5.96 Å². The third-order valence-electron chi connectivity index (χ3n) is 4.58. The maximum atomic E-state index is 7.53. The van der Waals surface area contributed by atoms with Crippen LogP contribution in [-0.2, 0) is 6.42 Å². The number of nitrogens with zero attached hydrogens (tertiary/aromatic N) is 1. The van der Waals surface area contributed by atoms with Crippen LogP contribution in [0.5, 0.6) is 0 Å². The highest BCUT2D eigenvalue weighted by atomic mass is 15.3. The minimum absolute atomic E-state index is 0.188. The molecule has 1 heterocycles. The molecule has 28 heavy (non-hydrogen) atoms. The van der Waals surface area contributed by atoms with E-state index in [1.807, 2.05) is 48.5 Å². The van der Waals surface area contributed by atoms with Gasteiger partial charge >= 0.3 is 0 Å². The fourth-order valence-corrected chi connectivity index (χ4v) is 3.36. The number of benzene rings is 3. The van der Waals surface area contributed by atoms with Gasteiger partial charge in [-0.25, -0.2) is 5.43 Å². The second-order valence-corrected chi connectivity index (χ2v) is 6.53. The molecule has 0 aliphatic carbocycles. The molecule has 0 radical (unpaired) electrons. The number of para-hydroxylation sites is 1. The molecule has 5 N–H and O–H groups in total. The maximum absolute atomic E-state index is 7.53.